The number of anilines is 2. The molecule has 10 nitrogen and oxygen atoms in total. The van der Waals surface area contributed by atoms with Crippen molar-refractivity contribution in [2.75, 3.05) is 57.1 Å². The summed E-state index contributed by atoms with van der Waals surface area (Å²) in [5, 5.41) is 0. The molecule has 0 aromatic carbocycles. The Morgan fingerprint density at radius 2 is 2.00 bits per heavy atom. The Balaban J connectivity index is 1.45. The molecule has 174 valence electrons. The summed E-state index contributed by atoms with van der Waals surface area (Å²) >= 11 is 1.75. The third kappa shape index (κ3) is 4.61. The van der Waals surface area contributed by atoms with Crippen LogP contribution in [0.4, 0.5) is 11.8 Å². The number of amides is 1. The van der Waals surface area contributed by atoms with Gasteiger partial charge in [-0.2, -0.15) is 0 Å². The SMILES string of the molecule is CC(=O)N(C)[C@H]1CCN(Cc2cc3nc(-c4cnc(N)nc4)nc(N4CCOCC4)c3s2)C1. The standard InChI is InChI=1S/C22H28N8O2S/c1-14(31)28(2)16-3-4-29(12-16)13-17-9-18-19(33-17)21(30-5-7-32-8-6-30)27-20(26-18)15-10-24-22(23)25-11-15/h9-11,16H,3-8,12-13H2,1-2H3,(H2,23,24,25)/t16-/m0/s1. The number of hydrogen-bond acceptors (Lipinski definition) is 10. The molecule has 0 unspecified atom stereocenters. The fourth-order valence-electron chi connectivity index (χ4n) is 4.36. The summed E-state index contributed by atoms with van der Waals surface area (Å²) in [6.07, 6.45) is 4.33. The zero-order valence-corrected chi connectivity index (χ0v) is 19.7. The molecule has 2 N–H and O–H groups in total. The van der Waals surface area contributed by atoms with Crippen LogP contribution in [-0.4, -0.2) is 88.1 Å². The first kappa shape index (κ1) is 21.9. The van der Waals surface area contributed by atoms with Crippen LogP contribution in [0.3, 0.4) is 0 Å². The number of likely N-dealkylation sites (N-methyl/N-ethyl adjacent to an activating group) is 1. The quantitative estimate of drug-likeness (QED) is 0.597. The van der Waals surface area contributed by atoms with Gasteiger partial charge in [0.15, 0.2) is 11.6 Å². The zero-order valence-electron chi connectivity index (χ0n) is 18.9. The number of likely N-dealkylation sites (tertiary alicyclic amines) is 1. The minimum Gasteiger partial charge on any atom is -0.378 e. The Hall–Kier alpha value is -2.89. The number of aromatic nitrogens is 4. The molecule has 5 heterocycles. The minimum atomic E-state index is 0.119. The molecule has 1 amide bonds. The number of ether oxygens (including phenoxy) is 1. The highest BCUT2D eigenvalue weighted by atomic mass is 32.1. The molecular formula is C22H28N8O2S. The third-order valence-electron chi connectivity index (χ3n) is 6.32. The predicted octanol–water partition coefficient (Wildman–Crippen LogP) is 1.62. The summed E-state index contributed by atoms with van der Waals surface area (Å²) in [6.45, 7) is 7.29. The van der Waals surface area contributed by atoms with Crippen molar-refractivity contribution in [3.05, 3.63) is 23.3 Å². The van der Waals surface area contributed by atoms with Crippen molar-refractivity contribution < 1.29 is 9.53 Å². The highest BCUT2D eigenvalue weighted by Crippen LogP contribution is 2.35. The van der Waals surface area contributed by atoms with Gasteiger partial charge < -0.3 is 20.3 Å². The number of rotatable bonds is 5. The first-order chi connectivity index (χ1) is 16.0. The Morgan fingerprint density at radius 3 is 2.73 bits per heavy atom. The Morgan fingerprint density at radius 1 is 1.24 bits per heavy atom. The first-order valence-corrected chi connectivity index (χ1v) is 12.0. The molecule has 2 saturated heterocycles. The average molecular weight is 469 g/mol. The van der Waals surface area contributed by atoms with E-state index in [-0.39, 0.29) is 17.9 Å². The first-order valence-electron chi connectivity index (χ1n) is 11.1. The molecule has 11 heteroatoms. The van der Waals surface area contributed by atoms with Crippen LogP contribution in [0.2, 0.25) is 0 Å². The smallest absolute Gasteiger partial charge is 0.219 e. The molecule has 0 spiro atoms. The number of carbonyl (C=O) groups excluding carboxylic acids is 1. The van der Waals surface area contributed by atoms with Crippen molar-refractivity contribution in [3.63, 3.8) is 0 Å². The monoisotopic (exact) mass is 468 g/mol. The van der Waals surface area contributed by atoms with Crippen molar-refractivity contribution >= 4 is 39.2 Å². The molecule has 5 rings (SSSR count). The average Bonchev–Trinajstić information content (AvgIpc) is 3.45. The van der Waals surface area contributed by atoms with Gasteiger partial charge in [-0.05, 0) is 12.5 Å². The molecule has 0 saturated carbocycles. The number of nitrogen functional groups attached to an aromatic ring is 1. The van der Waals surface area contributed by atoms with Gasteiger partial charge >= 0.3 is 0 Å². The van der Waals surface area contributed by atoms with Gasteiger partial charge in [0.05, 0.1) is 29.0 Å². The Labute approximate surface area is 196 Å². The van der Waals surface area contributed by atoms with Crippen LogP contribution in [0.15, 0.2) is 18.5 Å². The lowest BCUT2D eigenvalue weighted by molar-refractivity contribution is -0.129. The molecule has 0 bridgehead atoms. The van der Waals surface area contributed by atoms with Crippen LogP contribution in [-0.2, 0) is 16.1 Å². The van der Waals surface area contributed by atoms with E-state index in [9.17, 15) is 4.79 Å². The van der Waals surface area contributed by atoms with E-state index in [2.05, 4.69) is 25.8 Å². The fraction of sp³-hybridized carbons (Fsp3) is 0.500. The maximum atomic E-state index is 11.7. The van der Waals surface area contributed by atoms with Gasteiger partial charge in [0.1, 0.15) is 0 Å². The van der Waals surface area contributed by atoms with Gasteiger partial charge in [0.25, 0.3) is 0 Å². The number of carbonyl (C=O) groups is 1. The predicted molar refractivity (Wildman–Crippen MR) is 128 cm³/mol. The largest absolute Gasteiger partial charge is 0.378 e. The maximum Gasteiger partial charge on any atom is 0.219 e. The van der Waals surface area contributed by atoms with Crippen molar-refractivity contribution in [1.29, 1.82) is 0 Å². The minimum absolute atomic E-state index is 0.119. The van der Waals surface area contributed by atoms with Crippen molar-refractivity contribution in [1.82, 2.24) is 29.7 Å². The van der Waals surface area contributed by atoms with Gasteiger partial charge in [-0.3, -0.25) is 9.69 Å². The fourth-order valence-corrected chi connectivity index (χ4v) is 5.52. The number of hydrogen-bond donors (Lipinski definition) is 1. The van der Waals surface area contributed by atoms with E-state index in [1.165, 1.54) is 4.88 Å². The second-order valence-corrected chi connectivity index (χ2v) is 9.67. The molecule has 1 atom stereocenters. The van der Waals surface area contributed by atoms with E-state index in [0.29, 0.717) is 19.0 Å². The molecular weight excluding hydrogens is 440 g/mol. The lowest BCUT2D eigenvalue weighted by Gasteiger charge is -2.28. The third-order valence-corrected chi connectivity index (χ3v) is 7.42. The number of fused-ring (bicyclic) bond motifs is 1. The molecule has 3 aromatic heterocycles. The maximum absolute atomic E-state index is 11.7. The van der Waals surface area contributed by atoms with E-state index >= 15 is 0 Å². The van der Waals surface area contributed by atoms with E-state index in [1.54, 1.807) is 30.7 Å². The summed E-state index contributed by atoms with van der Waals surface area (Å²) in [7, 11) is 1.89. The number of nitrogens with zero attached hydrogens (tertiary/aromatic N) is 7. The lowest BCUT2D eigenvalue weighted by Crippen LogP contribution is -2.37. The summed E-state index contributed by atoms with van der Waals surface area (Å²) < 4.78 is 6.64. The summed E-state index contributed by atoms with van der Waals surface area (Å²) in [6, 6.07) is 2.44. The van der Waals surface area contributed by atoms with E-state index in [4.69, 9.17) is 20.4 Å². The van der Waals surface area contributed by atoms with Crippen LogP contribution in [0, 0.1) is 0 Å². The lowest BCUT2D eigenvalue weighted by atomic mass is 10.2. The van der Waals surface area contributed by atoms with E-state index in [0.717, 1.165) is 60.7 Å². The van der Waals surface area contributed by atoms with E-state index < -0.39 is 0 Å². The Kier molecular flexibility index (Phi) is 6.09. The molecule has 0 aliphatic carbocycles. The van der Waals surface area contributed by atoms with Crippen molar-refractivity contribution in [2.45, 2.75) is 25.9 Å². The van der Waals surface area contributed by atoms with E-state index in [1.807, 2.05) is 11.9 Å². The van der Waals surface area contributed by atoms with Crippen molar-refractivity contribution in [3.8, 4) is 11.4 Å². The van der Waals surface area contributed by atoms with Crippen molar-refractivity contribution in [2.24, 2.45) is 0 Å². The topological polar surface area (TPSA) is 114 Å². The second kappa shape index (κ2) is 9.16. The van der Waals surface area contributed by atoms with Crippen LogP contribution in [0.25, 0.3) is 21.6 Å². The highest BCUT2D eigenvalue weighted by Gasteiger charge is 2.28. The highest BCUT2D eigenvalue weighted by molar-refractivity contribution is 7.19. The molecule has 2 fully saturated rings. The molecule has 2 aliphatic rings. The van der Waals surface area contributed by atoms with Gasteiger partial charge in [-0.15, -0.1) is 11.3 Å². The number of nitrogens with two attached hydrogens (primary N) is 1. The second-order valence-electron chi connectivity index (χ2n) is 8.53. The molecule has 3 aromatic rings. The summed E-state index contributed by atoms with van der Waals surface area (Å²) in [5.41, 5.74) is 7.32. The van der Waals surface area contributed by atoms with Crippen LogP contribution >= 0.6 is 11.3 Å². The zero-order chi connectivity index (χ0) is 22.9. The van der Waals surface area contributed by atoms with Crippen LogP contribution in [0.1, 0.15) is 18.2 Å². The molecule has 0 radical (unpaired) electrons. The summed E-state index contributed by atoms with van der Waals surface area (Å²) in [5.74, 6) is 1.87. The van der Waals surface area contributed by atoms with Gasteiger partial charge in [-0.25, -0.2) is 19.9 Å². The Bertz CT molecular complexity index is 1150. The number of thiophene rings is 1. The molecule has 2 aliphatic heterocycles. The summed E-state index contributed by atoms with van der Waals surface area (Å²) in [4.78, 5) is 37.5. The van der Waals surface area contributed by atoms with Gasteiger partial charge in [0.2, 0.25) is 11.9 Å². The number of morpholine rings is 1. The van der Waals surface area contributed by atoms with Gasteiger partial charge in [0, 0.05) is 70.0 Å². The van der Waals surface area contributed by atoms with Gasteiger partial charge in [-0.1, -0.05) is 0 Å². The normalized spacial score (nSPS) is 19.3. The van der Waals surface area contributed by atoms with Crippen LogP contribution in [0.5, 0.6) is 0 Å². The van der Waals surface area contributed by atoms with Crippen LogP contribution < -0.4 is 10.6 Å². The molecule has 33 heavy (non-hydrogen) atoms.